The van der Waals surface area contributed by atoms with Gasteiger partial charge in [-0.15, -0.1) is 0 Å². The number of aromatic amines is 1. The molecular weight excluding hydrogens is 334 g/mol. The second-order valence-corrected chi connectivity index (χ2v) is 7.03. The molecule has 0 amide bonds. The lowest BCUT2D eigenvalue weighted by Crippen LogP contribution is -2.33. The zero-order valence-electron chi connectivity index (χ0n) is 14.7. The van der Waals surface area contributed by atoms with Crippen LogP contribution < -0.4 is 5.56 Å². The number of aromatic nitrogens is 2. The Morgan fingerprint density at radius 3 is 2.84 bits per heavy atom. The van der Waals surface area contributed by atoms with E-state index in [0.717, 1.165) is 28.6 Å². The first kappa shape index (κ1) is 17.6. The Morgan fingerprint density at radius 1 is 1.28 bits per heavy atom. The van der Waals surface area contributed by atoms with Gasteiger partial charge in [-0.05, 0) is 56.1 Å². The fraction of sp³-hybridized carbons (Fsp3) is 0.300. The van der Waals surface area contributed by atoms with Gasteiger partial charge in [0.1, 0.15) is 0 Å². The minimum Gasteiger partial charge on any atom is -0.322 e. The number of nitrogens with zero attached hydrogens (tertiary/aromatic N) is 2. The summed E-state index contributed by atoms with van der Waals surface area (Å²) in [5.74, 6) is 0. The van der Waals surface area contributed by atoms with Gasteiger partial charge >= 0.3 is 0 Å². The summed E-state index contributed by atoms with van der Waals surface area (Å²) >= 11 is 5.99. The molecule has 25 heavy (non-hydrogen) atoms. The second-order valence-electron chi connectivity index (χ2n) is 6.59. The van der Waals surface area contributed by atoms with Crippen molar-refractivity contribution in [3.63, 3.8) is 0 Å². The summed E-state index contributed by atoms with van der Waals surface area (Å²) in [4.78, 5) is 21.9. The van der Waals surface area contributed by atoms with E-state index in [1.165, 1.54) is 5.56 Å². The lowest BCUT2D eigenvalue weighted by Gasteiger charge is -2.24. The predicted octanol–water partition coefficient (Wildman–Crippen LogP) is 3.95. The normalized spacial score (nSPS) is 12.7. The van der Waals surface area contributed by atoms with Gasteiger partial charge in [-0.3, -0.25) is 14.7 Å². The van der Waals surface area contributed by atoms with Gasteiger partial charge < -0.3 is 4.98 Å². The van der Waals surface area contributed by atoms with Crippen LogP contribution in [0.25, 0.3) is 10.9 Å². The molecule has 0 saturated carbocycles. The molecule has 2 heterocycles. The molecule has 0 fully saturated rings. The zero-order valence-corrected chi connectivity index (χ0v) is 15.5. The van der Waals surface area contributed by atoms with Gasteiger partial charge in [0.05, 0.1) is 0 Å². The number of halogens is 1. The second kappa shape index (κ2) is 7.38. The van der Waals surface area contributed by atoms with Crippen LogP contribution >= 0.6 is 11.6 Å². The standard InChI is InChI=1S/C20H22ClN3O/c1-13-5-4-8-22-18(13)9-14(2)24(3)12-16-10-15-6-7-17(21)11-19(15)23-20(16)25/h4-8,10-11,14H,9,12H2,1-3H3,(H,23,25)/t14-/m0/s1. The highest BCUT2D eigenvalue weighted by atomic mass is 35.5. The number of hydrogen-bond acceptors (Lipinski definition) is 3. The highest BCUT2D eigenvalue weighted by Gasteiger charge is 2.14. The van der Waals surface area contributed by atoms with Crippen LogP contribution in [-0.4, -0.2) is 28.0 Å². The van der Waals surface area contributed by atoms with Crippen molar-refractivity contribution in [2.75, 3.05) is 7.05 Å². The first-order valence-corrected chi connectivity index (χ1v) is 8.74. The van der Waals surface area contributed by atoms with Crippen molar-refractivity contribution in [2.45, 2.75) is 32.9 Å². The maximum absolute atomic E-state index is 12.4. The molecule has 0 aliphatic heterocycles. The van der Waals surface area contributed by atoms with E-state index in [-0.39, 0.29) is 11.6 Å². The van der Waals surface area contributed by atoms with Crippen molar-refractivity contribution >= 4 is 22.5 Å². The third-order valence-corrected chi connectivity index (χ3v) is 4.90. The average molecular weight is 356 g/mol. The topological polar surface area (TPSA) is 49.0 Å². The van der Waals surface area contributed by atoms with Crippen molar-refractivity contribution in [1.29, 1.82) is 0 Å². The minimum absolute atomic E-state index is 0.0668. The predicted molar refractivity (Wildman–Crippen MR) is 103 cm³/mol. The molecule has 130 valence electrons. The maximum atomic E-state index is 12.4. The molecule has 5 heteroatoms. The Hall–Kier alpha value is -2.17. The number of benzene rings is 1. The molecule has 1 atom stereocenters. The third kappa shape index (κ3) is 4.09. The van der Waals surface area contributed by atoms with E-state index in [1.54, 1.807) is 6.07 Å². The van der Waals surface area contributed by atoms with Gasteiger partial charge in [0.2, 0.25) is 0 Å². The summed E-state index contributed by atoms with van der Waals surface area (Å²) in [7, 11) is 2.04. The van der Waals surface area contributed by atoms with E-state index in [9.17, 15) is 4.79 Å². The van der Waals surface area contributed by atoms with Crippen molar-refractivity contribution in [3.8, 4) is 0 Å². The number of H-pyrrole nitrogens is 1. The number of aryl methyl sites for hydroxylation is 1. The van der Waals surface area contributed by atoms with Gasteiger partial charge in [0.25, 0.3) is 5.56 Å². The number of likely N-dealkylation sites (N-methyl/N-ethyl adjacent to an activating group) is 1. The Balaban J connectivity index is 1.78. The molecular formula is C20H22ClN3O. The minimum atomic E-state index is -0.0668. The molecule has 3 rings (SSSR count). The van der Waals surface area contributed by atoms with Crippen LogP contribution in [0.1, 0.15) is 23.7 Å². The largest absolute Gasteiger partial charge is 0.322 e. The van der Waals surface area contributed by atoms with Crippen LogP contribution in [0.3, 0.4) is 0 Å². The molecule has 4 nitrogen and oxygen atoms in total. The van der Waals surface area contributed by atoms with E-state index in [0.29, 0.717) is 11.6 Å². The first-order chi connectivity index (χ1) is 11.9. The SMILES string of the molecule is Cc1cccnc1C[C@H](C)N(C)Cc1cc2ccc(Cl)cc2[nH]c1=O. The van der Waals surface area contributed by atoms with Crippen LogP contribution in [0.4, 0.5) is 0 Å². The quantitative estimate of drug-likeness (QED) is 0.754. The molecule has 2 aromatic heterocycles. The van der Waals surface area contributed by atoms with Crippen molar-refractivity contribution < 1.29 is 0 Å². The average Bonchev–Trinajstić information content (AvgIpc) is 2.57. The molecule has 0 bridgehead atoms. The molecule has 1 aromatic carbocycles. The molecule has 3 aromatic rings. The Labute approximate surface area is 152 Å². The first-order valence-electron chi connectivity index (χ1n) is 8.36. The summed E-state index contributed by atoms with van der Waals surface area (Å²) in [6, 6.07) is 11.8. The summed E-state index contributed by atoms with van der Waals surface area (Å²) in [5.41, 5.74) is 3.75. The van der Waals surface area contributed by atoms with Gasteiger partial charge in [0.15, 0.2) is 0 Å². The highest BCUT2D eigenvalue weighted by molar-refractivity contribution is 6.31. The van der Waals surface area contributed by atoms with Gasteiger partial charge in [-0.1, -0.05) is 23.7 Å². The van der Waals surface area contributed by atoms with Crippen molar-refractivity contribution in [3.05, 3.63) is 74.8 Å². The molecule has 0 spiro atoms. The summed E-state index contributed by atoms with van der Waals surface area (Å²) in [6.07, 6.45) is 2.68. The van der Waals surface area contributed by atoms with Crippen LogP contribution in [-0.2, 0) is 13.0 Å². The number of pyridine rings is 2. The van der Waals surface area contributed by atoms with E-state index < -0.39 is 0 Å². The van der Waals surface area contributed by atoms with Crippen LogP contribution in [0.15, 0.2) is 47.4 Å². The molecule has 0 saturated heterocycles. The number of fused-ring (bicyclic) bond motifs is 1. The molecule has 0 radical (unpaired) electrons. The maximum Gasteiger partial charge on any atom is 0.252 e. The van der Waals surface area contributed by atoms with Crippen molar-refractivity contribution in [2.24, 2.45) is 0 Å². The van der Waals surface area contributed by atoms with Gasteiger partial charge in [-0.25, -0.2) is 0 Å². The van der Waals surface area contributed by atoms with Crippen molar-refractivity contribution in [1.82, 2.24) is 14.9 Å². The molecule has 0 aliphatic rings. The van der Waals surface area contributed by atoms with Gasteiger partial charge in [-0.2, -0.15) is 0 Å². The molecule has 1 N–H and O–H groups in total. The lowest BCUT2D eigenvalue weighted by molar-refractivity contribution is 0.246. The highest BCUT2D eigenvalue weighted by Crippen LogP contribution is 2.18. The fourth-order valence-electron chi connectivity index (χ4n) is 2.93. The van der Waals surface area contributed by atoms with Crippen LogP contribution in [0.5, 0.6) is 0 Å². The zero-order chi connectivity index (χ0) is 18.0. The summed E-state index contributed by atoms with van der Waals surface area (Å²) < 4.78 is 0. The lowest BCUT2D eigenvalue weighted by atomic mass is 10.1. The monoisotopic (exact) mass is 355 g/mol. The summed E-state index contributed by atoms with van der Waals surface area (Å²) in [6.45, 7) is 4.82. The molecule has 0 unspecified atom stereocenters. The third-order valence-electron chi connectivity index (χ3n) is 4.66. The number of rotatable bonds is 5. The van der Waals surface area contributed by atoms with Crippen LogP contribution in [0, 0.1) is 6.92 Å². The van der Waals surface area contributed by atoms with E-state index in [2.05, 4.69) is 34.8 Å². The fourth-order valence-corrected chi connectivity index (χ4v) is 3.10. The smallest absolute Gasteiger partial charge is 0.252 e. The number of nitrogens with one attached hydrogen (secondary N) is 1. The molecule has 0 aliphatic carbocycles. The Kier molecular flexibility index (Phi) is 5.21. The Bertz CT molecular complexity index is 951. The van der Waals surface area contributed by atoms with Crippen LogP contribution in [0.2, 0.25) is 5.02 Å². The Morgan fingerprint density at radius 2 is 2.08 bits per heavy atom. The summed E-state index contributed by atoms with van der Waals surface area (Å²) in [5, 5.41) is 1.60. The van der Waals surface area contributed by atoms with E-state index >= 15 is 0 Å². The number of hydrogen-bond donors (Lipinski definition) is 1. The van der Waals surface area contributed by atoms with E-state index in [4.69, 9.17) is 11.6 Å². The van der Waals surface area contributed by atoms with Gasteiger partial charge in [0, 0.05) is 47.0 Å². The van der Waals surface area contributed by atoms with E-state index in [1.807, 2.05) is 37.5 Å².